The maximum absolute atomic E-state index is 12.9. The summed E-state index contributed by atoms with van der Waals surface area (Å²) in [6.07, 6.45) is 84.7. The van der Waals surface area contributed by atoms with E-state index in [1.54, 1.807) is 0 Å². The fraction of sp³-hybridized carbons (Fsp3) is 0.960. The molecule has 0 aromatic heterocycles. The Balaban J connectivity index is 3.95. The van der Waals surface area contributed by atoms with Crippen LogP contribution in [-0.2, 0) is 28.6 Å². The molecule has 0 rings (SSSR count). The average molecular weight is 1140 g/mol. The molecule has 0 heterocycles. The molecule has 6 nitrogen and oxygen atoms in total. The summed E-state index contributed by atoms with van der Waals surface area (Å²) >= 11 is 0. The Bertz CT molecular complexity index is 1220. The van der Waals surface area contributed by atoms with E-state index in [-0.39, 0.29) is 31.1 Å². The highest BCUT2D eigenvalue weighted by molar-refractivity contribution is 5.71. The summed E-state index contributed by atoms with van der Waals surface area (Å²) in [5.41, 5.74) is 0. The van der Waals surface area contributed by atoms with Gasteiger partial charge in [0.05, 0.1) is 0 Å². The first-order chi connectivity index (χ1) is 40.0. The lowest BCUT2D eigenvalue weighted by Crippen LogP contribution is -2.30. The third-order valence-electron chi connectivity index (χ3n) is 17.6. The van der Waals surface area contributed by atoms with E-state index in [1.807, 2.05) is 0 Å². The van der Waals surface area contributed by atoms with Crippen LogP contribution in [0.3, 0.4) is 0 Å². The highest BCUT2D eigenvalue weighted by atomic mass is 16.6. The van der Waals surface area contributed by atoms with Crippen molar-refractivity contribution in [3.63, 3.8) is 0 Å². The smallest absolute Gasteiger partial charge is 0.306 e. The Morgan fingerprint density at radius 3 is 0.494 bits per heavy atom. The molecule has 0 aliphatic heterocycles. The summed E-state index contributed by atoms with van der Waals surface area (Å²) < 4.78 is 16.9. The molecule has 1 atom stereocenters. The third-order valence-corrected chi connectivity index (χ3v) is 17.6. The minimum atomic E-state index is -0.762. The van der Waals surface area contributed by atoms with Crippen LogP contribution in [0.4, 0.5) is 0 Å². The van der Waals surface area contributed by atoms with Crippen molar-refractivity contribution in [2.24, 2.45) is 0 Å². The van der Waals surface area contributed by atoms with Crippen LogP contribution in [0.25, 0.3) is 0 Å². The van der Waals surface area contributed by atoms with Crippen molar-refractivity contribution < 1.29 is 28.6 Å². The first kappa shape index (κ1) is 79.4. The average Bonchev–Trinajstić information content (AvgIpc) is 3.47. The molecule has 1 unspecified atom stereocenters. The number of ether oxygens (including phenoxy) is 3. The molecule has 0 aromatic rings. The predicted molar refractivity (Wildman–Crippen MR) is 354 cm³/mol. The van der Waals surface area contributed by atoms with E-state index in [0.29, 0.717) is 19.3 Å². The van der Waals surface area contributed by atoms with Gasteiger partial charge in [0.15, 0.2) is 6.10 Å². The fourth-order valence-electron chi connectivity index (χ4n) is 12.0. The second-order valence-electron chi connectivity index (χ2n) is 25.9. The van der Waals surface area contributed by atoms with E-state index in [2.05, 4.69) is 20.8 Å². The Morgan fingerprint density at radius 2 is 0.333 bits per heavy atom. The first-order valence-electron chi connectivity index (χ1n) is 37.5. The van der Waals surface area contributed by atoms with E-state index < -0.39 is 6.10 Å². The highest BCUT2D eigenvalue weighted by Gasteiger charge is 2.20. The van der Waals surface area contributed by atoms with Crippen molar-refractivity contribution in [2.45, 2.75) is 451 Å². The number of hydrogen-bond donors (Lipinski definition) is 0. The van der Waals surface area contributed by atoms with Crippen molar-refractivity contribution >= 4 is 17.9 Å². The van der Waals surface area contributed by atoms with Crippen LogP contribution in [0, 0.1) is 0 Å². The summed E-state index contributed by atoms with van der Waals surface area (Å²) in [6.45, 7) is 6.71. The summed E-state index contributed by atoms with van der Waals surface area (Å²) in [6, 6.07) is 0. The van der Waals surface area contributed by atoms with Gasteiger partial charge in [0.2, 0.25) is 0 Å². The summed E-state index contributed by atoms with van der Waals surface area (Å²) in [5.74, 6) is -0.828. The molecule has 0 spiro atoms. The van der Waals surface area contributed by atoms with Gasteiger partial charge in [-0.05, 0) is 19.3 Å². The second kappa shape index (κ2) is 70.9. The van der Waals surface area contributed by atoms with Gasteiger partial charge in [-0.3, -0.25) is 14.4 Å². The molecule has 0 fully saturated rings. The van der Waals surface area contributed by atoms with Crippen molar-refractivity contribution in [3.05, 3.63) is 0 Å². The van der Waals surface area contributed by atoms with E-state index in [9.17, 15) is 14.4 Å². The van der Waals surface area contributed by atoms with Crippen LogP contribution >= 0.6 is 0 Å². The number of hydrogen-bond acceptors (Lipinski definition) is 6. The molecule has 0 N–H and O–H groups in total. The van der Waals surface area contributed by atoms with Gasteiger partial charge in [-0.15, -0.1) is 0 Å². The van der Waals surface area contributed by atoms with Gasteiger partial charge in [-0.25, -0.2) is 0 Å². The predicted octanol–water partition coefficient (Wildman–Crippen LogP) is 25.8. The van der Waals surface area contributed by atoms with Gasteiger partial charge in [0.1, 0.15) is 13.2 Å². The monoisotopic (exact) mass is 1140 g/mol. The standard InChI is InChI=1S/C75H146O6/c1-4-7-10-13-16-19-21-23-25-27-29-31-33-34-35-36-37-38-39-40-41-42-43-45-46-48-50-52-54-56-59-62-65-68-74(77)80-71-72(70-79-73(76)67-64-61-58-18-15-12-9-6-3)81-75(78)69-66-63-60-57-55-53-51-49-47-44-32-30-28-26-24-22-20-17-14-11-8-5-2/h72H,4-71H2,1-3H3. The summed E-state index contributed by atoms with van der Waals surface area (Å²) in [5, 5.41) is 0. The van der Waals surface area contributed by atoms with Gasteiger partial charge in [0.25, 0.3) is 0 Å². The lowest BCUT2D eigenvalue weighted by molar-refractivity contribution is -0.167. The SMILES string of the molecule is CCCCCCCCCCCCCCCCCCCCCCCCCCCCCCCCCCCC(=O)OCC(COC(=O)CCCCCCCCCC)OC(=O)CCCCCCCCCCCCCCCCCCCCCCCC. The van der Waals surface area contributed by atoms with Crippen LogP contribution in [0.1, 0.15) is 445 Å². The Labute approximate surface area is 508 Å². The number of unbranched alkanes of at least 4 members (excludes halogenated alkanes) is 60. The van der Waals surface area contributed by atoms with Crippen LogP contribution < -0.4 is 0 Å². The molecule has 0 saturated carbocycles. The molecule has 0 aromatic carbocycles. The van der Waals surface area contributed by atoms with E-state index in [0.717, 1.165) is 57.8 Å². The number of esters is 3. The number of rotatable bonds is 71. The van der Waals surface area contributed by atoms with Crippen molar-refractivity contribution in [3.8, 4) is 0 Å². The fourth-order valence-corrected chi connectivity index (χ4v) is 12.0. The van der Waals surface area contributed by atoms with Gasteiger partial charge >= 0.3 is 17.9 Å². The van der Waals surface area contributed by atoms with E-state index >= 15 is 0 Å². The van der Waals surface area contributed by atoms with Gasteiger partial charge < -0.3 is 14.2 Å². The minimum absolute atomic E-state index is 0.0609. The molecule has 0 saturated heterocycles. The zero-order valence-electron chi connectivity index (χ0n) is 55.6. The van der Waals surface area contributed by atoms with Crippen molar-refractivity contribution in [1.82, 2.24) is 0 Å². The Morgan fingerprint density at radius 1 is 0.198 bits per heavy atom. The van der Waals surface area contributed by atoms with Crippen LogP contribution in [0.2, 0.25) is 0 Å². The third kappa shape index (κ3) is 69.1. The molecule has 0 aliphatic carbocycles. The summed E-state index contributed by atoms with van der Waals surface area (Å²) in [4.78, 5) is 38.3. The minimum Gasteiger partial charge on any atom is -0.462 e. The normalized spacial score (nSPS) is 11.9. The molecule has 0 aliphatic rings. The molecule has 0 bridgehead atoms. The largest absolute Gasteiger partial charge is 0.462 e. The zero-order chi connectivity index (χ0) is 58.5. The molecule has 0 radical (unpaired) electrons. The quantitative estimate of drug-likeness (QED) is 0.0343. The zero-order valence-corrected chi connectivity index (χ0v) is 55.6. The Kier molecular flexibility index (Phi) is 69.5. The second-order valence-corrected chi connectivity index (χ2v) is 25.9. The number of carbonyl (C=O) groups is 3. The maximum atomic E-state index is 12.9. The highest BCUT2D eigenvalue weighted by Crippen LogP contribution is 2.20. The van der Waals surface area contributed by atoms with Gasteiger partial charge in [-0.1, -0.05) is 406 Å². The van der Waals surface area contributed by atoms with Crippen LogP contribution in [0.5, 0.6) is 0 Å². The topological polar surface area (TPSA) is 78.9 Å². The van der Waals surface area contributed by atoms with Gasteiger partial charge in [-0.2, -0.15) is 0 Å². The lowest BCUT2D eigenvalue weighted by Gasteiger charge is -2.18. The maximum Gasteiger partial charge on any atom is 0.306 e. The van der Waals surface area contributed by atoms with Crippen LogP contribution in [-0.4, -0.2) is 37.2 Å². The molecule has 482 valence electrons. The van der Waals surface area contributed by atoms with Gasteiger partial charge in [0, 0.05) is 19.3 Å². The van der Waals surface area contributed by atoms with Crippen molar-refractivity contribution in [1.29, 1.82) is 0 Å². The molecular formula is C75H146O6. The molecule has 0 amide bonds. The van der Waals surface area contributed by atoms with Crippen molar-refractivity contribution in [2.75, 3.05) is 13.2 Å². The van der Waals surface area contributed by atoms with E-state index in [4.69, 9.17) is 14.2 Å². The Hall–Kier alpha value is -1.59. The number of carbonyl (C=O) groups excluding carboxylic acids is 3. The molecular weight excluding hydrogens is 997 g/mol. The summed E-state index contributed by atoms with van der Waals surface area (Å²) in [7, 11) is 0. The van der Waals surface area contributed by atoms with Crippen LogP contribution in [0.15, 0.2) is 0 Å². The van der Waals surface area contributed by atoms with E-state index in [1.165, 1.54) is 347 Å². The molecule has 81 heavy (non-hydrogen) atoms. The lowest BCUT2D eigenvalue weighted by atomic mass is 10.0. The first-order valence-corrected chi connectivity index (χ1v) is 37.5. The molecule has 6 heteroatoms.